The maximum Gasteiger partial charge on any atom is 0.0528 e. The van der Waals surface area contributed by atoms with E-state index < -0.39 is 0 Å². The summed E-state index contributed by atoms with van der Waals surface area (Å²) in [5.41, 5.74) is 1.36. The fraction of sp³-hybridized carbons (Fsp3) is 0.818. The van der Waals surface area contributed by atoms with E-state index in [1.807, 2.05) is 0 Å². The lowest BCUT2D eigenvalue weighted by Crippen LogP contribution is -2.16. The second-order valence-corrected chi connectivity index (χ2v) is 4.27. The molecule has 1 heterocycles. The highest BCUT2D eigenvalue weighted by Gasteiger charge is 2.13. The third kappa shape index (κ3) is 3.70. The minimum Gasteiger partial charge on any atom is -0.381 e. The third-order valence-corrected chi connectivity index (χ3v) is 2.85. The van der Waals surface area contributed by atoms with Gasteiger partial charge in [0.2, 0.25) is 0 Å². The predicted octanol–water partition coefficient (Wildman–Crippen LogP) is 3.23. The van der Waals surface area contributed by atoms with Crippen LogP contribution in [0.15, 0.2) is 11.6 Å². The number of hydrogen-bond donors (Lipinski definition) is 0. The number of ether oxygens (including phenoxy) is 1. The molecule has 0 aromatic heterocycles. The lowest BCUT2D eigenvalue weighted by atomic mass is 9.95. The van der Waals surface area contributed by atoms with Crippen molar-refractivity contribution in [2.45, 2.75) is 26.7 Å². The van der Waals surface area contributed by atoms with Gasteiger partial charge in [-0.25, -0.2) is 0 Å². The molecule has 76 valence electrons. The van der Waals surface area contributed by atoms with E-state index in [0.29, 0.717) is 17.7 Å². The Balaban J connectivity index is 2.49. The molecule has 1 atom stereocenters. The van der Waals surface area contributed by atoms with Crippen molar-refractivity contribution < 1.29 is 4.74 Å². The zero-order valence-electron chi connectivity index (χ0n) is 8.55. The van der Waals surface area contributed by atoms with E-state index in [2.05, 4.69) is 19.9 Å². The van der Waals surface area contributed by atoms with Crippen molar-refractivity contribution in [1.82, 2.24) is 0 Å². The molecule has 1 aliphatic heterocycles. The molecule has 0 spiro atoms. The SMILES string of the molecule is CC(C)/C(=C\C1CCCOC1)CCl. The molecule has 0 amide bonds. The normalized spacial score (nSPS) is 25.2. The van der Waals surface area contributed by atoms with Gasteiger partial charge >= 0.3 is 0 Å². The van der Waals surface area contributed by atoms with E-state index in [9.17, 15) is 0 Å². The number of halogens is 1. The van der Waals surface area contributed by atoms with E-state index in [0.717, 1.165) is 13.2 Å². The fourth-order valence-corrected chi connectivity index (χ4v) is 1.99. The second-order valence-electron chi connectivity index (χ2n) is 4.01. The molecule has 1 unspecified atom stereocenters. The van der Waals surface area contributed by atoms with Gasteiger partial charge in [0.05, 0.1) is 6.61 Å². The average Bonchev–Trinajstić information content (AvgIpc) is 2.15. The summed E-state index contributed by atoms with van der Waals surface area (Å²) in [5, 5.41) is 0. The van der Waals surface area contributed by atoms with Crippen molar-refractivity contribution >= 4 is 11.6 Å². The summed E-state index contributed by atoms with van der Waals surface area (Å²) >= 11 is 5.87. The molecule has 0 saturated carbocycles. The van der Waals surface area contributed by atoms with Crippen molar-refractivity contribution in [3.8, 4) is 0 Å². The van der Waals surface area contributed by atoms with E-state index in [1.165, 1.54) is 18.4 Å². The Kier molecular flexibility index (Phi) is 4.82. The summed E-state index contributed by atoms with van der Waals surface area (Å²) in [4.78, 5) is 0. The number of allylic oxidation sites excluding steroid dienone is 1. The van der Waals surface area contributed by atoms with Gasteiger partial charge in [-0.1, -0.05) is 25.5 Å². The van der Waals surface area contributed by atoms with Crippen molar-refractivity contribution in [3.63, 3.8) is 0 Å². The lowest BCUT2D eigenvalue weighted by molar-refractivity contribution is 0.0706. The van der Waals surface area contributed by atoms with Gasteiger partial charge in [-0.05, 0) is 18.8 Å². The number of rotatable bonds is 3. The lowest BCUT2D eigenvalue weighted by Gasteiger charge is -2.21. The van der Waals surface area contributed by atoms with Crippen LogP contribution in [-0.4, -0.2) is 19.1 Å². The van der Waals surface area contributed by atoms with Crippen molar-refractivity contribution in [2.75, 3.05) is 19.1 Å². The summed E-state index contributed by atoms with van der Waals surface area (Å²) < 4.78 is 5.42. The van der Waals surface area contributed by atoms with Gasteiger partial charge in [0.15, 0.2) is 0 Å². The Labute approximate surface area is 86.1 Å². The Morgan fingerprint density at radius 3 is 2.85 bits per heavy atom. The molecular weight excluding hydrogens is 184 g/mol. The first-order valence-corrected chi connectivity index (χ1v) is 5.61. The summed E-state index contributed by atoms with van der Waals surface area (Å²) in [6.07, 6.45) is 4.76. The van der Waals surface area contributed by atoms with Crippen molar-refractivity contribution in [2.24, 2.45) is 11.8 Å². The zero-order valence-corrected chi connectivity index (χ0v) is 9.31. The van der Waals surface area contributed by atoms with Crippen LogP contribution in [0.25, 0.3) is 0 Å². The minimum absolute atomic E-state index is 0.569. The highest BCUT2D eigenvalue weighted by Crippen LogP contribution is 2.20. The molecule has 0 aliphatic carbocycles. The van der Waals surface area contributed by atoms with Gasteiger partial charge < -0.3 is 4.74 Å². The third-order valence-electron chi connectivity index (χ3n) is 2.54. The summed E-state index contributed by atoms with van der Waals surface area (Å²) in [6, 6.07) is 0. The van der Waals surface area contributed by atoms with E-state index >= 15 is 0 Å². The maximum atomic E-state index is 5.87. The Morgan fingerprint density at radius 1 is 1.62 bits per heavy atom. The van der Waals surface area contributed by atoms with Gasteiger partial charge in [-0.2, -0.15) is 0 Å². The van der Waals surface area contributed by atoms with Gasteiger partial charge in [-0.3, -0.25) is 0 Å². The Hall–Kier alpha value is -0.0100. The van der Waals surface area contributed by atoms with E-state index in [4.69, 9.17) is 16.3 Å². The first-order chi connectivity index (χ1) is 6.24. The van der Waals surface area contributed by atoms with Gasteiger partial charge in [0, 0.05) is 18.4 Å². The Bertz CT molecular complexity index is 169. The van der Waals surface area contributed by atoms with Crippen LogP contribution in [0.3, 0.4) is 0 Å². The molecule has 0 radical (unpaired) electrons. The molecule has 1 rings (SSSR count). The second kappa shape index (κ2) is 5.66. The highest BCUT2D eigenvalue weighted by molar-refractivity contribution is 6.19. The van der Waals surface area contributed by atoms with Crippen molar-refractivity contribution in [1.29, 1.82) is 0 Å². The van der Waals surface area contributed by atoms with Crippen LogP contribution in [0, 0.1) is 11.8 Å². The van der Waals surface area contributed by atoms with Gasteiger partial charge in [0.1, 0.15) is 0 Å². The zero-order chi connectivity index (χ0) is 9.68. The van der Waals surface area contributed by atoms with Gasteiger partial charge in [0.25, 0.3) is 0 Å². The summed E-state index contributed by atoms with van der Waals surface area (Å²) in [6.45, 7) is 6.20. The molecule has 1 aliphatic rings. The molecule has 1 fully saturated rings. The van der Waals surface area contributed by atoms with Crippen LogP contribution in [0.5, 0.6) is 0 Å². The van der Waals surface area contributed by atoms with Crippen LogP contribution >= 0.6 is 11.6 Å². The van der Waals surface area contributed by atoms with E-state index in [1.54, 1.807) is 0 Å². The monoisotopic (exact) mass is 202 g/mol. The van der Waals surface area contributed by atoms with E-state index in [-0.39, 0.29) is 0 Å². The van der Waals surface area contributed by atoms with Crippen molar-refractivity contribution in [3.05, 3.63) is 11.6 Å². The predicted molar refractivity (Wildman–Crippen MR) is 57.2 cm³/mol. The molecular formula is C11H19ClO. The molecule has 1 nitrogen and oxygen atoms in total. The first-order valence-electron chi connectivity index (χ1n) is 5.08. The van der Waals surface area contributed by atoms with Crippen LogP contribution in [0.1, 0.15) is 26.7 Å². The first kappa shape index (κ1) is 11.1. The van der Waals surface area contributed by atoms with Crippen LogP contribution in [-0.2, 0) is 4.74 Å². The minimum atomic E-state index is 0.569. The average molecular weight is 203 g/mol. The topological polar surface area (TPSA) is 9.23 Å². The van der Waals surface area contributed by atoms with Gasteiger partial charge in [-0.15, -0.1) is 11.6 Å². The fourth-order valence-electron chi connectivity index (χ4n) is 1.59. The highest BCUT2D eigenvalue weighted by atomic mass is 35.5. The largest absolute Gasteiger partial charge is 0.381 e. The maximum absolute atomic E-state index is 5.87. The molecule has 2 heteroatoms. The smallest absolute Gasteiger partial charge is 0.0528 e. The molecule has 1 saturated heterocycles. The molecule has 0 N–H and O–H groups in total. The molecule has 0 aromatic carbocycles. The molecule has 0 bridgehead atoms. The number of hydrogen-bond acceptors (Lipinski definition) is 1. The quantitative estimate of drug-likeness (QED) is 0.505. The van der Waals surface area contributed by atoms with Crippen LogP contribution in [0.4, 0.5) is 0 Å². The summed E-state index contributed by atoms with van der Waals surface area (Å²) in [7, 11) is 0. The standard InChI is InChI=1S/C11H19ClO/c1-9(2)11(7-12)6-10-4-3-5-13-8-10/h6,9-10H,3-5,7-8H2,1-2H3/b11-6-. The molecule has 13 heavy (non-hydrogen) atoms. The number of alkyl halides is 1. The van der Waals surface area contributed by atoms with Crippen LogP contribution < -0.4 is 0 Å². The summed E-state index contributed by atoms with van der Waals surface area (Å²) in [5.74, 6) is 1.83. The van der Waals surface area contributed by atoms with Crippen LogP contribution in [0.2, 0.25) is 0 Å². The Morgan fingerprint density at radius 2 is 2.38 bits per heavy atom. The molecule has 0 aromatic rings.